The average Bonchev–Trinajstić information content (AvgIpc) is 3.02. The molecular formula is C10H4N4S4. The third kappa shape index (κ3) is 1.83. The molecule has 0 bridgehead atoms. The molecule has 0 fully saturated rings. The van der Waals surface area contributed by atoms with Crippen LogP contribution in [-0.4, -0.2) is 20.4 Å². The highest BCUT2D eigenvalue weighted by molar-refractivity contribution is 8.30. The monoisotopic (exact) mass is 308 g/mol. The fraction of sp³-hybridized carbons (Fsp3) is 0. The van der Waals surface area contributed by atoms with E-state index in [4.69, 9.17) is 0 Å². The third-order valence-corrected chi connectivity index (χ3v) is 7.81. The molecule has 0 aromatic carbocycles. The van der Waals surface area contributed by atoms with Crippen LogP contribution in [-0.2, 0) is 0 Å². The normalized spacial score (nSPS) is 16.9. The Bertz CT molecular complexity index is 561. The van der Waals surface area contributed by atoms with Crippen molar-refractivity contribution in [3.63, 3.8) is 0 Å². The highest BCUT2D eigenvalue weighted by Crippen LogP contribution is 2.60. The quantitative estimate of drug-likeness (QED) is 0.733. The van der Waals surface area contributed by atoms with Crippen molar-refractivity contribution in [2.24, 2.45) is 0 Å². The van der Waals surface area contributed by atoms with Gasteiger partial charge in [0.05, 0.1) is 33.3 Å². The van der Waals surface area contributed by atoms with Gasteiger partial charge >= 0.3 is 0 Å². The van der Waals surface area contributed by atoms with Crippen molar-refractivity contribution in [3.05, 3.63) is 33.3 Å². The molecule has 2 aromatic rings. The first-order chi connectivity index (χ1) is 8.90. The summed E-state index contributed by atoms with van der Waals surface area (Å²) in [6.45, 7) is 0. The van der Waals surface area contributed by atoms with Crippen molar-refractivity contribution in [1.82, 2.24) is 20.4 Å². The topological polar surface area (TPSA) is 51.6 Å². The zero-order valence-corrected chi connectivity index (χ0v) is 12.0. The Morgan fingerprint density at radius 3 is 1.06 bits per heavy atom. The number of fused-ring (bicyclic) bond motifs is 2. The molecular weight excluding hydrogens is 304 g/mol. The average molecular weight is 308 g/mol. The van der Waals surface area contributed by atoms with E-state index < -0.39 is 0 Å². The molecule has 0 saturated heterocycles. The maximum absolute atomic E-state index is 3.92. The Balaban J connectivity index is 1.70. The van der Waals surface area contributed by atoms with E-state index in [0.717, 1.165) is 0 Å². The lowest BCUT2D eigenvalue weighted by Gasteiger charge is -1.97. The van der Waals surface area contributed by atoms with Crippen LogP contribution in [0.2, 0.25) is 0 Å². The summed E-state index contributed by atoms with van der Waals surface area (Å²) in [6, 6.07) is 0. The second-order valence-corrected chi connectivity index (χ2v) is 8.14. The number of rotatable bonds is 0. The summed E-state index contributed by atoms with van der Waals surface area (Å²) in [5.41, 5.74) is 0. The molecule has 0 unspecified atom stereocenters. The van der Waals surface area contributed by atoms with Crippen molar-refractivity contribution in [1.29, 1.82) is 0 Å². The molecule has 0 atom stereocenters. The highest BCUT2D eigenvalue weighted by atomic mass is 32.2. The van der Waals surface area contributed by atoms with Crippen molar-refractivity contribution in [2.75, 3.05) is 0 Å². The van der Waals surface area contributed by atoms with Gasteiger partial charge in [0.25, 0.3) is 0 Å². The fourth-order valence-corrected chi connectivity index (χ4v) is 6.57. The number of hydrogen-bond donors (Lipinski definition) is 0. The third-order valence-electron chi connectivity index (χ3n) is 2.30. The number of nitrogens with zero attached hydrogens (tertiary/aromatic N) is 4. The lowest BCUT2D eigenvalue weighted by atomic mass is 10.6. The Labute approximate surface area is 120 Å². The summed E-state index contributed by atoms with van der Waals surface area (Å²) in [5.74, 6) is 0. The molecule has 0 aliphatic carbocycles. The molecule has 88 valence electrons. The van der Waals surface area contributed by atoms with Crippen molar-refractivity contribution in [3.8, 4) is 0 Å². The molecule has 2 aliphatic heterocycles. The summed E-state index contributed by atoms with van der Waals surface area (Å²) in [5, 5.41) is 15.7. The molecule has 4 heterocycles. The van der Waals surface area contributed by atoms with Gasteiger partial charge < -0.3 is 0 Å². The predicted molar refractivity (Wildman–Crippen MR) is 74.5 cm³/mol. The van der Waals surface area contributed by atoms with Crippen LogP contribution in [0.3, 0.4) is 0 Å². The molecule has 0 spiro atoms. The van der Waals surface area contributed by atoms with Crippen LogP contribution in [0, 0.1) is 0 Å². The minimum absolute atomic E-state index is 1.19. The largest absolute Gasteiger partial charge is 0.158 e. The van der Waals surface area contributed by atoms with Crippen LogP contribution < -0.4 is 0 Å². The van der Waals surface area contributed by atoms with Crippen LogP contribution in [0.5, 0.6) is 0 Å². The van der Waals surface area contributed by atoms with Crippen LogP contribution in [0.1, 0.15) is 0 Å². The van der Waals surface area contributed by atoms with E-state index in [1.807, 2.05) is 24.8 Å². The molecule has 4 nitrogen and oxygen atoms in total. The van der Waals surface area contributed by atoms with Crippen molar-refractivity contribution in [2.45, 2.75) is 19.6 Å². The van der Waals surface area contributed by atoms with Gasteiger partial charge in [0, 0.05) is 19.6 Å². The summed E-state index contributed by atoms with van der Waals surface area (Å²) >= 11 is 7.05. The Morgan fingerprint density at radius 1 is 0.500 bits per heavy atom. The van der Waals surface area contributed by atoms with Gasteiger partial charge in [-0.3, -0.25) is 0 Å². The van der Waals surface area contributed by atoms with Crippen molar-refractivity contribution < 1.29 is 0 Å². The molecule has 0 saturated carbocycles. The van der Waals surface area contributed by atoms with Crippen molar-refractivity contribution >= 4 is 47.0 Å². The summed E-state index contributed by atoms with van der Waals surface area (Å²) in [7, 11) is 0. The first-order valence-corrected chi connectivity index (χ1v) is 8.24. The van der Waals surface area contributed by atoms with E-state index in [2.05, 4.69) is 20.4 Å². The molecule has 4 rings (SSSR count). The minimum atomic E-state index is 1.19. The first kappa shape index (κ1) is 11.2. The predicted octanol–water partition coefficient (Wildman–Crippen LogP) is 3.49. The van der Waals surface area contributed by atoms with E-state index in [1.165, 1.54) is 28.1 Å². The van der Waals surface area contributed by atoms with Crippen LogP contribution in [0.4, 0.5) is 0 Å². The van der Waals surface area contributed by atoms with E-state index in [0.29, 0.717) is 0 Å². The van der Waals surface area contributed by atoms with Gasteiger partial charge in [0.1, 0.15) is 0 Å². The van der Waals surface area contributed by atoms with Gasteiger partial charge in [-0.1, -0.05) is 47.0 Å². The van der Waals surface area contributed by atoms with Crippen LogP contribution >= 0.6 is 47.0 Å². The number of thioether (sulfide) groups is 4. The van der Waals surface area contributed by atoms with Gasteiger partial charge in [-0.2, -0.15) is 20.4 Å². The molecule has 18 heavy (non-hydrogen) atoms. The van der Waals surface area contributed by atoms with Gasteiger partial charge in [0.15, 0.2) is 0 Å². The molecule has 0 N–H and O–H groups in total. The lowest BCUT2D eigenvalue weighted by Crippen LogP contribution is -1.78. The van der Waals surface area contributed by atoms with Crippen LogP contribution in [0.25, 0.3) is 0 Å². The second-order valence-electron chi connectivity index (χ2n) is 3.42. The molecule has 0 amide bonds. The Kier molecular flexibility index (Phi) is 2.75. The lowest BCUT2D eigenvalue weighted by molar-refractivity contribution is 0.949. The zero-order chi connectivity index (χ0) is 11.9. The van der Waals surface area contributed by atoms with E-state index in [-0.39, 0.29) is 0 Å². The molecule has 2 aliphatic rings. The standard InChI is InChI=1S/C10H4N4S4/c1-5-6(2-12-11-1)16-9(15-5)10-17-7-3-13-14-4-8(7)18-10/h1-4H. The highest BCUT2D eigenvalue weighted by Gasteiger charge is 2.27. The summed E-state index contributed by atoms with van der Waals surface area (Å²) in [4.78, 5) is 4.74. The SMILES string of the molecule is c1nncc2c1SC(=C1Sc3cnncc3S1)S2. The minimum Gasteiger partial charge on any atom is -0.158 e. The zero-order valence-electron chi connectivity index (χ0n) is 8.73. The Morgan fingerprint density at radius 2 is 0.778 bits per heavy atom. The molecule has 8 heteroatoms. The molecule has 0 radical (unpaired) electrons. The van der Waals surface area contributed by atoms with E-state index >= 15 is 0 Å². The maximum Gasteiger partial charge on any atom is 0.0707 e. The Hall–Kier alpha value is -0.700. The number of aromatic nitrogens is 4. The van der Waals surface area contributed by atoms with Crippen LogP contribution in [0.15, 0.2) is 52.8 Å². The second kappa shape index (κ2) is 4.44. The van der Waals surface area contributed by atoms with Gasteiger partial charge in [0.2, 0.25) is 0 Å². The summed E-state index contributed by atoms with van der Waals surface area (Å²) in [6.07, 6.45) is 7.28. The van der Waals surface area contributed by atoms with E-state index in [1.54, 1.807) is 47.0 Å². The van der Waals surface area contributed by atoms with Gasteiger partial charge in [-0.05, 0) is 0 Å². The molecule has 2 aromatic heterocycles. The smallest absolute Gasteiger partial charge is 0.0707 e. The number of hydrogen-bond acceptors (Lipinski definition) is 8. The van der Waals surface area contributed by atoms with Gasteiger partial charge in [-0.15, -0.1) is 0 Å². The first-order valence-electron chi connectivity index (χ1n) is 4.97. The van der Waals surface area contributed by atoms with E-state index in [9.17, 15) is 0 Å². The van der Waals surface area contributed by atoms with Gasteiger partial charge in [-0.25, -0.2) is 0 Å². The summed E-state index contributed by atoms with van der Waals surface area (Å²) < 4.78 is 2.59. The maximum atomic E-state index is 3.92. The fourth-order valence-electron chi connectivity index (χ4n) is 1.51.